The molecule has 1 aliphatic heterocycles. The van der Waals surface area contributed by atoms with Crippen LogP contribution in [0.15, 0.2) is 40.5 Å². The zero-order chi connectivity index (χ0) is 23.4. The standard InChI is InChI=1S/C24H26ClN3O4S/c1-30-19-11-15(12-20(31-2)22(19)32-3)13-21-23(29)28(16-7-5-4-6-8-16)24(33-21)27-18-9-10-26-14-17(18)25/h9-14,16H,4-8H2,1-3H3/b21-13-,27-24?. The summed E-state index contributed by atoms with van der Waals surface area (Å²) in [6.45, 7) is 0. The Bertz CT molecular complexity index is 1070. The van der Waals surface area contributed by atoms with E-state index in [0.717, 1.165) is 31.2 Å². The molecule has 2 aromatic rings. The van der Waals surface area contributed by atoms with Crippen LogP contribution in [-0.4, -0.2) is 48.3 Å². The van der Waals surface area contributed by atoms with Gasteiger partial charge in [-0.3, -0.25) is 14.7 Å². The molecular weight excluding hydrogens is 462 g/mol. The topological polar surface area (TPSA) is 73.3 Å². The quantitative estimate of drug-likeness (QED) is 0.487. The lowest BCUT2D eigenvalue weighted by molar-refractivity contribution is -0.124. The average molecular weight is 488 g/mol. The molecular formula is C24H26ClN3O4S. The van der Waals surface area contributed by atoms with Gasteiger partial charge in [0.25, 0.3) is 5.91 Å². The van der Waals surface area contributed by atoms with Gasteiger partial charge in [-0.15, -0.1) is 0 Å². The van der Waals surface area contributed by atoms with Gasteiger partial charge in [0.05, 0.1) is 36.9 Å². The van der Waals surface area contributed by atoms with Gasteiger partial charge in [-0.1, -0.05) is 30.9 Å². The molecule has 0 N–H and O–H groups in total. The summed E-state index contributed by atoms with van der Waals surface area (Å²) in [5.41, 5.74) is 1.36. The zero-order valence-electron chi connectivity index (χ0n) is 18.8. The molecule has 2 fully saturated rings. The zero-order valence-corrected chi connectivity index (χ0v) is 20.4. The van der Waals surface area contributed by atoms with Crippen molar-refractivity contribution < 1.29 is 19.0 Å². The molecule has 2 heterocycles. The molecule has 33 heavy (non-hydrogen) atoms. The average Bonchev–Trinajstić information content (AvgIpc) is 3.14. The van der Waals surface area contributed by atoms with Crippen molar-refractivity contribution in [3.63, 3.8) is 0 Å². The van der Waals surface area contributed by atoms with Crippen LogP contribution in [0.5, 0.6) is 17.2 Å². The lowest BCUT2D eigenvalue weighted by Crippen LogP contribution is -2.40. The molecule has 4 rings (SSSR count). The summed E-state index contributed by atoms with van der Waals surface area (Å²) in [4.78, 5) is 24.8. The third-order valence-corrected chi connectivity index (χ3v) is 7.00. The molecule has 174 valence electrons. The van der Waals surface area contributed by atoms with Crippen molar-refractivity contribution in [3.8, 4) is 17.2 Å². The lowest BCUT2D eigenvalue weighted by Gasteiger charge is -2.30. The van der Waals surface area contributed by atoms with Crippen LogP contribution in [0.4, 0.5) is 5.69 Å². The number of ether oxygens (including phenoxy) is 3. The summed E-state index contributed by atoms with van der Waals surface area (Å²) in [7, 11) is 4.69. The molecule has 1 aliphatic carbocycles. The molecule has 1 saturated carbocycles. The van der Waals surface area contributed by atoms with Crippen LogP contribution in [0.1, 0.15) is 37.7 Å². The Hall–Kier alpha value is -2.71. The normalized spacial score (nSPS) is 19.4. The predicted octanol–water partition coefficient (Wildman–Crippen LogP) is 5.70. The Morgan fingerprint density at radius 3 is 2.42 bits per heavy atom. The number of amides is 1. The summed E-state index contributed by atoms with van der Waals surface area (Å²) in [6.07, 6.45) is 10.4. The van der Waals surface area contributed by atoms with Crippen molar-refractivity contribution in [2.24, 2.45) is 4.99 Å². The van der Waals surface area contributed by atoms with Crippen molar-refractivity contribution in [3.05, 3.63) is 46.1 Å². The van der Waals surface area contributed by atoms with E-state index in [4.69, 9.17) is 30.8 Å². The second-order valence-corrected chi connectivity index (χ2v) is 9.17. The Balaban J connectivity index is 1.75. The van der Waals surface area contributed by atoms with E-state index in [-0.39, 0.29) is 11.9 Å². The van der Waals surface area contributed by atoms with Crippen LogP contribution in [0.2, 0.25) is 5.02 Å². The number of carbonyl (C=O) groups is 1. The number of rotatable bonds is 6. The summed E-state index contributed by atoms with van der Waals surface area (Å²) >= 11 is 7.65. The molecule has 0 atom stereocenters. The number of halogens is 1. The molecule has 7 nitrogen and oxygen atoms in total. The Morgan fingerprint density at radius 1 is 1.12 bits per heavy atom. The van der Waals surface area contributed by atoms with E-state index >= 15 is 0 Å². The molecule has 1 amide bonds. The number of carbonyl (C=O) groups excluding carboxylic acids is 1. The number of aromatic nitrogens is 1. The fraction of sp³-hybridized carbons (Fsp3) is 0.375. The lowest BCUT2D eigenvalue weighted by atomic mass is 9.94. The van der Waals surface area contributed by atoms with E-state index in [1.54, 1.807) is 39.8 Å². The smallest absolute Gasteiger partial charge is 0.267 e. The highest BCUT2D eigenvalue weighted by atomic mass is 35.5. The SMILES string of the molecule is COc1cc(/C=C2\SC(=Nc3ccncc3Cl)N(C3CCCCC3)C2=O)cc(OC)c1OC. The van der Waals surface area contributed by atoms with E-state index in [2.05, 4.69) is 4.98 Å². The minimum atomic E-state index is -0.0513. The second-order valence-electron chi connectivity index (χ2n) is 7.76. The number of aliphatic imine (C=N–C) groups is 1. The Labute approximate surface area is 202 Å². The maximum atomic E-state index is 13.6. The summed E-state index contributed by atoms with van der Waals surface area (Å²) < 4.78 is 16.3. The maximum absolute atomic E-state index is 13.6. The van der Waals surface area contributed by atoms with Crippen molar-refractivity contribution >= 4 is 46.2 Å². The van der Waals surface area contributed by atoms with Gasteiger partial charge in [0, 0.05) is 18.4 Å². The van der Waals surface area contributed by atoms with Crippen molar-refractivity contribution in [2.45, 2.75) is 38.1 Å². The van der Waals surface area contributed by atoms with E-state index in [1.807, 2.05) is 23.1 Å². The monoisotopic (exact) mass is 487 g/mol. The maximum Gasteiger partial charge on any atom is 0.267 e. The van der Waals surface area contributed by atoms with Crippen molar-refractivity contribution in [1.29, 1.82) is 0 Å². The third-order valence-electron chi connectivity index (χ3n) is 5.73. The number of nitrogens with zero attached hydrogens (tertiary/aromatic N) is 3. The Morgan fingerprint density at radius 2 is 1.82 bits per heavy atom. The molecule has 1 aromatic heterocycles. The van der Waals surface area contributed by atoms with E-state index < -0.39 is 0 Å². The number of amidine groups is 1. The predicted molar refractivity (Wildman–Crippen MR) is 132 cm³/mol. The minimum absolute atomic E-state index is 0.0513. The molecule has 0 unspecified atom stereocenters. The number of hydrogen-bond acceptors (Lipinski definition) is 7. The first kappa shape index (κ1) is 23.4. The highest BCUT2D eigenvalue weighted by Gasteiger charge is 2.38. The number of pyridine rings is 1. The van der Waals surface area contributed by atoms with Crippen LogP contribution < -0.4 is 14.2 Å². The number of methoxy groups -OCH3 is 3. The molecule has 2 aliphatic rings. The fourth-order valence-electron chi connectivity index (χ4n) is 4.12. The molecule has 1 aromatic carbocycles. The van der Waals surface area contributed by atoms with Crippen molar-refractivity contribution in [2.75, 3.05) is 21.3 Å². The first-order valence-corrected chi connectivity index (χ1v) is 12.0. The van der Waals surface area contributed by atoms with Gasteiger partial charge >= 0.3 is 0 Å². The largest absolute Gasteiger partial charge is 0.493 e. The number of benzene rings is 1. The highest BCUT2D eigenvalue weighted by molar-refractivity contribution is 8.18. The molecule has 0 spiro atoms. The summed E-state index contributed by atoms with van der Waals surface area (Å²) in [5.74, 6) is 1.51. The van der Waals surface area contributed by atoms with Crippen molar-refractivity contribution in [1.82, 2.24) is 9.88 Å². The van der Waals surface area contributed by atoms with Crippen LogP contribution in [0, 0.1) is 0 Å². The van der Waals surface area contributed by atoms with Gasteiger partial charge in [-0.2, -0.15) is 0 Å². The van der Waals surface area contributed by atoms with Crippen LogP contribution in [0.3, 0.4) is 0 Å². The number of hydrogen-bond donors (Lipinski definition) is 0. The van der Waals surface area contributed by atoms with Gasteiger partial charge in [0.2, 0.25) is 5.75 Å². The van der Waals surface area contributed by atoms with Gasteiger partial charge in [0.1, 0.15) is 0 Å². The van der Waals surface area contributed by atoms with E-state index in [1.165, 1.54) is 18.2 Å². The first-order chi connectivity index (χ1) is 16.0. The number of thioether (sulfide) groups is 1. The molecule has 0 bridgehead atoms. The van der Waals surface area contributed by atoms with Gasteiger partial charge in [0.15, 0.2) is 16.7 Å². The van der Waals surface area contributed by atoms with Crippen LogP contribution >= 0.6 is 23.4 Å². The first-order valence-electron chi connectivity index (χ1n) is 10.8. The minimum Gasteiger partial charge on any atom is -0.493 e. The van der Waals surface area contributed by atoms with E-state index in [0.29, 0.717) is 38.0 Å². The van der Waals surface area contributed by atoms with Gasteiger partial charge in [-0.05, 0) is 54.4 Å². The summed E-state index contributed by atoms with van der Waals surface area (Å²) in [6, 6.07) is 5.52. The van der Waals surface area contributed by atoms with E-state index in [9.17, 15) is 4.79 Å². The molecule has 1 saturated heterocycles. The molecule has 9 heteroatoms. The Kier molecular flexibility index (Phi) is 7.45. The summed E-state index contributed by atoms with van der Waals surface area (Å²) in [5, 5.41) is 1.09. The second kappa shape index (κ2) is 10.5. The fourth-order valence-corrected chi connectivity index (χ4v) is 5.34. The third kappa shape index (κ3) is 4.96. The van der Waals surface area contributed by atoms with Crippen LogP contribution in [-0.2, 0) is 4.79 Å². The van der Waals surface area contributed by atoms with Gasteiger partial charge in [-0.25, -0.2) is 4.99 Å². The van der Waals surface area contributed by atoms with Gasteiger partial charge < -0.3 is 14.2 Å². The van der Waals surface area contributed by atoms with Crippen LogP contribution in [0.25, 0.3) is 6.08 Å². The highest BCUT2D eigenvalue weighted by Crippen LogP contribution is 2.42. The molecule has 0 radical (unpaired) electrons.